The van der Waals surface area contributed by atoms with Crippen LogP contribution in [0.2, 0.25) is 0 Å². The summed E-state index contributed by atoms with van der Waals surface area (Å²) in [7, 11) is 0. The number of ketones is 1. The number of Topliss-reactive ketones (excluding diaryl/α,β-unsaturated/α-hetero) is 1. The van der Waals surface area contributed by atoms with E-state index in [1.54, 1.807) is 45.0 Å². The van der Waals surface area contributed by atoms with Gasteiger partial charge in [-0.25, -0.2) is 9.36 Å². The number of nitrogens with one attached hydrogen (secondary N) is 1. The molecule has 2 rings (SSSR count). The minimum absolute atomic E-state index is 0.00248. The van der Waals surface area contributed by atoms with Crippen molar-refractivity contribution in [2.24, 2.45) is 0 Å². The Morgan fingerprint density at radius 3 is 2.28 bits per heavy atom. The number of carbonyl (C=O) groups excluding carboxylic acids is 3. The van der Waals surface area contributed by atoms with E-state index in [1.165, 1.54) is 25.7 Å². The van der Waals surface area contributed by atoms with Crippen LogP contribution in [0, 0.1) is 0 Å². The highest BCUT2D eigenvalue weighted by molar-refractivity contribution is 6.13. The van der Waals surface area contributed by atoms with Crippen LogP contribution in [0.15, 0.2) is 24.3 Å². The van der Waals surface area contributed by atoms with Crippen molar-refractivity contribution in [2.45, 2.75) is 84.7 Å². The van der Waals surface area contributed by atoms with Crippen molar-refractivity contribution in [1.82, 2.24) is 9.88 Å². The lowest BCUT2D eigenvalue weighted by Crippen LogP contribution is -2.29. The van der Waals surface area contributed by atoms with Gasteiger partial charge in [0.25, 0.3) is 0 Å². The Bertz CT molecular complexity index is 940. The van der Waals surface area contributed by atoms with Crippen LogP contribution in [0.5, 0.6) is 5.88 Å². The van der Waals surface area contributed by atoms with Crippen molar-refractivity contribution < 1.29 is 24.2 Å². The van der Waals surface area contributed by atoms with Crippen LogP contribution >= 0.6 is 0 Å². The maximum absolute atomic E-state index is 12.8. The molecule has 0 aliphatic rings. The van der Waals surface area contributed by atoms with Crippen molar-refractivity contribution in [3.8, 4) is 5.88 Å². The molecule has 0 aliphatic carbocycles. The summed E-state index contributed by atoms with van der Waals surface area (Å²) in [6, 6.07) is 6.72. The Morgan fingerprint density at radius 1 is 1.00 bits per heavy atom. The average molecular weight is 445 g/mol. The number of hydrogen-bond donors (Lipinski definition) is 2. The topological polar surface area (TPSA) is 97.6 Å². The molecule has 2 N–H and O–H groups in total. The molecule has 1 aromatic carbocycles. The molecule has 7 nitrogen and oxygen atoms in total. The van der Waals surface area contributed by atoms with Gasteiger partial charge >= 0.3 is 6.09 Å². The molecule has 0 radical (unpaired) electrons. The molecule has 0 fully saturated rings. The second-order valence-corrected chi connectivity index (χ2v) is 9.10. The number of rotatable bonds is 11. The Morgan fingerprint density at radius 2 is 1.62 bits per heavy atom. The lowest BCUT2D eigenvalue weighted by atomic mass is 10.1. The fourth-order valence-corrected chi connectivity index (χ4v) is 3.59. The summed E-state index contributed by atoms with van der Waals surface area (Å²) >= 11 is 0. The third kappa shape index (κ3) is 7.11. The minimum Gasteiger partial charge on any atom is -0.494 e. The fraction of sp³-hybridized carbons (Fsp3) is 0.560. The molecule has 32 heavy (non-hydrogen) atoms. The summed E-state index contributed by atoms with van der Waals surface area (Å²) in [6.07, 6.45) is 7.38. The average Bonchev–Trinajstić information content (AvgIpc) is 3.02. The summed E-state index contributed by atoms with van der Waals surface area (Å²) in [5.74, 6) is -1.14. The molecule has 0 spiro atoms. The fourth-order valence-electron chi connectivity index (χ4n) is 3.59. The van der Waals surface area contributed by atoms with Gasteiger partial charge < -0.3 is 15.2 Å². The van der Waals surface area contributed by atoms with Crippen LogP contribution in [0.3, 0.4) is 0 Å². The first kappa shape index (κ1) is 25.4. The molecule has 0 atom stereocenters. The van der Waals surface area contributed by atoms with Crippen LogP contribution in [0.25, 0.3) is 10.9 Å². The summed E-state index contributed by atoms with van der Waals surface area (Å²) in [4.78, 5) is 37.6. The SMILES string of the molecule is CCCCCCCCCC(=O)NCC(=O)c1c(O)n(C(=O)OC(C)(C)C)c2ccccc12. The monoisotopic (exact) mass is 444 g/mol. The molecule has 1 aromatic heterocycles. The van der Waals surface area contributed by atoms with E-state index in [9.17, 15) is 19.5 Å². The Hall–Kier alpha value is -2.83. The van der Waals surface area contributed by atoms with E-state index in [2.05, 4.69) is 12.2 Å². The van der Waals surface area contributed by atoms with E-state index in [1.807, 2.05) is 0 Å². The van der Waals surface area contributed by atoms with Crippen LogP contribution in [0.4, 0.5) is 4.79 Å². The van der Waals surface area contributed by atoms with E-state index in [0.29, 0.717) is 17.3 Å². The summed E-state index contributed by atoms with van der Waals surface area (Å²) in [5.41, 5.74) is -0.386. The first-order valence-electron chi connectivity index (χ1n) is 11.5. The van der Waals surface area contributed by atoms with Gasteiger partial charge in [-0.1, -0.05) is 63.6 Å². The smallest absolute Gasteiger partial charge is 0.421 e. The molecule has 1 amide bonds. The predicted octanol–water partition coefficient (Wildman–Crippen LogP) is 5.57. The number of unbranched alkanes of at least 4 members (excludes halogenated alkanes) is 6. The maximum Gasteiger partial charge on any atom is 0.421 e. The Kier molecular flexibility index (Phi) is 9.29. The molecule has 176 valence electrons. The molecular formula is C25H36N2O5. The molecule has 1 heterocycles. The number of aromatic hydroxyl groups is 1. The number of nitrogens with zero attached hydrogens (tertiary/aromatic N) is 1. The molecule has 0 saturated heterocycles. The molecule has 0 saturated carbocycles. The lowest BCUT2D eigenvalue weighted by Gasteiger charge is -2.20. The molecule has 0 aliphatic heterocycles. The van der Waals surface area contributed by atoms with Gasteiger partial charge in [0, 0.05) is 11.8 Å². The third-order valence-corrected chi connectivity index (χ3v) is 5.16. The quantitative estimate of drug-likeness (QED) is 0.349. The van der Waals surface area contributed by atoms with Crippen LogP contribution in [0.1, 0.15) is 89.4 Å². The molecule has 0 bridgehead atoms. The molecule has 7 heteroatoms. The first-order valence-corrected chi connectivity index (χ1v) is 11.5. The highest BCUT2D eigenvalue weighted by Crippen LogP contribution is 2.32. The van der Waals surface area contributed by atoms with E-state index in [4.69, 9.17) is 4.74 Å². The maximum atomic E-state index is 12.8. The van der Waals surface area contributed by atoms with Crippen molar-refractivity contribution in [1.29, 1.82) is 0 Å². The van der Waals surface area contributed by atoms with Gasteiger partial charge in [0.2, 0.25) is 11.8 Å². The molecule has 2 aromatic rings. The number of para-hydroxylation sites is 1. The summed E-state index contributed by atoms with van der Waals surface area (Å²) in [6.45, 7) is 7.10. The van der Waals surface area contributed by atoms with E-state index in [0.717, 1.165) is 23.8 Å². The largest absolute Gasteiger partial charge is 0.494 e. The van der Waals surface area contributed by atoms with Crippen molar-refractivity contribution in [2.75, 3.05) is 6.54 Å². The number of aromatic nitrogens is 1. The van der Waals surface area contributed by atoms with E-state index >= 15 is 0 Å². The van der Waals surface area contributed by atoms with Crippen LogP contribution < -0.4 is 5.32 Å². The zero-order chi connectivity index (χ0) is 23.7. The zero-order valence-electron chi connectivity index (χ0n) is 19.7. The summed E-state index contributed by atoms with van der Waals surface area (Å²) < 4.78 is 6.37. The van der Waals surface area contributed by atoms with Gasteiger partial charge in [0.05, 0.1) is 17.6 Å². The van der Waals surface area contributed by atoms with E-state index in [-0.39, 0.29) is 18.0 Å². The normalized spacial score (nSPS) is 11.5. The second-order valence-electron chi connectivity index (χ2n) is 9.10. The van der Waals surface area contributed by atoms with Crippen molar-refractivity contribution in [3.63, 3.8) is 0 Å². The number of ether oxygens (including phenoxy) is 1. The molecule has 0 unspecified atom stereocenters. The highest BCUT2D eigenvalue weighted by atomic mass is 16.6. The van der Waals surface area contributed by atoms with Crippen LogP contribution in [-0.2, 0) is 9.53 Å². The van der Waals surface area contributed by atoms with Gasteiger partial charge in [0.1, 0.15) is 5.60 Å². The second kappa shape index (κ2) is 11.7. The number of hydrogen-bond acceptors (Lipinski definition) is 5. The number of benzene rings is 1. The van der Waals surface area contributed by atoms with Gasteiger partial charge in [-0.05, 0) is 33.3 Å². The zero-order valence-corrected chi connectivity index (χ0v) is 19.7. The number of amides is 1. The van der Waals surface area contributed by atoms with E-state index < -0.39 is 23.4 Å². The number of fused-ring (bicyclic) bond motifs is 1. The highest BCUT2D eigenvalue weighted by Gasteiger charge is 2.28. The van der Waals surface area contributed by atoms with Crippen LogP contribution in [-0.4, -0.2) is 39.6 Å². The Labute approximate surface area is 190 Å². The minimum atomic E-state index is -0.770. The van der Waals surface area contributed by atoms with Gasteiger partial charge in [-0.3, -0.25) is 9.59 Å². The predicted molar refractivity (Wildman–Crippen MR) is 125 cm³/mol. The first-order chi connectivity index (χ1) is 15.2. The summed E-state index contributed by atoms with van der Waals surface area (Å²) in [5, 5.41) is 13.8. The Balaban J connectivity index is 2.01. The van der Waals surface area contributed by atoms with Gasteiger partial charge in [-0.2, -0.15) is 0 Å². The molecular weight excluding hydrogens is 408 g/mol. The lowest BCUT2D eigenvalue weighted by molar-refractivity contribution is -0.121. The van der Waals surface area contributed by atoms with Crippen molar-refractivity contribution >= 4 is 28.7 Å². The van der Waals surface area contributed by atoms with Gasteiger partial charge in [-0.15, -0.1) is 0 Å². The standard InChI is InChI=1S/C25H36N2O5/c1-5-6-7-8-9-10-11-16-21(29)26-17-20(28)22-18-14-12-13-15-19(18)27(23(22)30)24(31)32-25(2,3)4/h12-15,30H,5-11,16-17H2,1-4H3,(H,26,29). The van der Waals surface area contributed by atoms with Gasteiger partial charge in [0.15, 0.2) is 5.78 Å². The number of carbonyl (C=O) groups is 3. The third-order valence-electron chi connectivity index (χ3n) is 5.16. The van der Waals surface area contributed by atoms with Crippen molar-refractivity contribution in [3.05, 3.63) is 29.8 Å².